The van der Waals surface area contributed by atoms with Gasteiger partial charge in [-0.05, 0) is 49.1 Å². The molecule has 0 aromatic carbocycles. The van der Waals surface area contributed by atoms with Crippen LogP contribution in [0.3, 0.4) is 0 Å². The van der Waals surface area contributed by atoms with Crippen LogP contribution < -0.4 is 4.90 Å². The third-order valence-electron chi connectivity index (χ3n) is 8.66. The molecular weight excluding hydrogens is 471 g/mol. The van der Waals surface area contributed by atoms with Gasteiger partial charge in [-0.25, -0.2) is 9.50 Å². The number of nitrogens with zero attached hydrogens (tertiary/aromatic N) is 5. The minimum Gasteiger partial charge on any atom is -0.378 e. The van der Waals surface area contributed by atoms with Gasteiger partial charge in [0.15, 0.2) is 5.65 Å². The molecule has 0 spiro atoms. The monoisotopic (exact) mass is 501 g/mol. The van der Waals surface area contributed by atoms with Gasteiger partial charge in [-0.3, -0.25) is 4.79 Å². The second kappa shape index (κ2) is 8.61. The number of ether oxygens (including phenoxy) is 1. The average Bonchev–Trinajstić information content (AvgIpc) is 3.56. The third kappa shape index (κ3) is 3.99. The van der Waals surface area contributed by atoms with Crippen LogP contribution in [0.1, 0.15) is 36.7 Å². The molecule has 4 heterocycles. The van der Waals surface area contributed by atoms with E-state index in [-0.39, 0.29) is 23.7 Å². The zero-order valence-corrected chi connectivity index (χ0v) is 20.2. The summed E-state index contributed by atoms with van der Waals surface area (Å²) >= 11 is 0. The first-order valence-electron chi connectivity index (χ1n) is 12.7. The SMILES string of the molecule is CC1(C2C[C@@H]3CN(C(=O)c4cn5nc(N6CCOCC6)ccc5n4)C[C@@H]3C2)CC=CC=C1C(F)(F)F. The van der Waals surface area contributed by atoms with Crippen molar-refractivity contribution in [3.63, 3.8) is 0 Å². The molecule has 36 heavy (non-hydrogen) atoms. The van der Waals surface area contributed by atoms with Gasteiger partial charge in [0.05, 0.1) is 19.4 Å². The minimum absolute atomic E-state index is 0.0411. The third-order valence-corrected chi connectivity index (χ3v) is 8.66. The molecule has 10 heteroatoms. The molecule has 0 bridgehead atoms. The van der Waals surface area contributed by atoms with Crippen molar-refractivity contribution in [3.05, 3.63) is 47.8 Å². The molecule has 192 valence electrons. The van der Waals surface area contributed by atoms with E-state index in [1.165, 1.54) is 12.2 Å². The Kier molecular flexibility index (Phi) is 5.62. The van der Waals surface area contributed by atoms with Gasteiger partial charge < -0.3 is 14.5 Å². The Bertz CT molecular complexity index is 1220. The number of anilines is 1. The van der Waals surface area contributed by atoms with Crippen LogP contribution in [0.2, 0.25) is 0 Å². The number of allylic oxidation sites excluding steroid dienone is 4. The molecule has 1 amide bonds. The molecule has 2 aromatic rings. The summed E-state index contributed by atoms with van der Waals surface area (Å²) in [7, 11) is 0. The van der Waals surface area contributed by atoms with E-state index in [1.54, 1.807) is 17.6 Å². The average molecular weight is 502 g/mol. The molecule has 4 atom stereocenters. The van der Waals surface area contributed by atoms with Crippen molar-refractivity contribution in [3.8, 4) is 0 Å². The van der Waals surface area contributed by atoms with Crippen LogP contribution >= 0.6 is 0 Å². The number of carbonyl (C=O) groups is 1. The number of amides is 1. The number of fused-ring (bicyclic) bond motifs is 2. The minimum atomic E-state index is -4.32. The second-order valence-corrected chi connectivity index (χ2v) is 10.7. The van der Waals surface area contributed by atoms with Crippen molar-refractivity contribution >= 4 is 17.4 Å². The van der Waals surface area contributed by atoms with Gasteiger partial charge in [-0.1, -0.05) is 25.2 Å². The van der Waals surface area contributed by atoms with Crippen LogP contribution in [0.15, 0.2) is 42.1 Å². The van der Waals surface area contributed by atoms with Crippen LogP contribution in [-0.4, -0.2) is 71.0 Å². The van der Waals surface area contributed by atoms with Gasteiger partial charge in [-0.2, -0.15) is 13.2 Å². The normalized spacial score (nSPS) is 30.7. The quantitative estimate of drug-likeness (QED) is 0.633. The molecule has 7 nitrogen and oxygen atoms in total. The largest absolute Gasteiger partial charge is 0.413 e. The predicted octanol–water partition coefficient (Wildman–Crippen LogP) is 4.12. The van der Waals surface area contributed by atoms with Gasteiger partial charge in [-0.15, -0.1) is 5.10 Å². The summed E-state index contributed by atoms with van der Waals surface area (Å²) in [5.74, 6) is 1.09. The highest BCUT2D eigenvalue weighted by molar-refractivity contribution is 5.93. The van der Waals surface area contributed by atoms with E-state index < -0.39 is 17.2 Å². The first-order chi connectivity index (χ1) is 17.2. The molecule has 0 N–H and O–H groups in total. The van der Waals surface area contributed by atoms with Gasteiger partial charge >= 0.3 is 6.18 Å². The Morgan fingerprint density at radius 1 is 1.14 bits per heavy atom. The smallest absolute Gasteiger partial charge is 0.378 e. The molecule has 2 saturated heterocycles. The highest BCUT2D eigenvalue weighted by atomic mass is 19.4. The van der Waals surface area contributed by atoms with E-state index in [2.05, 4.69) is 15.0 Å². The Morgan fingerprint density at radius 3 is 2.56 bits per heavy atom. The Morgan fingerprint density at radius 2 is 1.86 bits per heavy atom. The summed E-state index contributed by atoms with van der Waals surface area (Å²) in [6, 6.07) is 3.77. The van der Waals surface area contributed by atoms with Gasteiger partial charge in [0.2, 0.25) is 0 Å². The van der Waals surface area contributed by atoms with Crippen LogP contribution in [-0.2, 0) is 4.74 Å². The van der Waals surface area contributed by atoms with E-state index in [1.807, 2.05) is 23.1 Å². The fourth-order valence-corrected chi connectivity index (χ4v) is 6.67. The summed E-state index contributed by atoms with van der Waals surface area (Å²) in [5.41, 5.74) is -0.356. The molecule has 2 aliphatic heterocycles. The zero-order valence-electron chi connectivity index (χ0n) is 20.2. The van der Waals surface area contributed by atoms with E-state index in [0.717, 1.165) is 18.9 Å². The number of imidazole rings is 1. The maximum Gasteiger partial charge on any atom is 0.413 e. The van der Waals surface area contributed by atoms with Crippen molar-refractivity contribution in [2.24, 2.45) is 23.2 Å². The van der Waals surface area contributed by atoms with Gasteiger partial charge in [0, 0.05) is 37.2 Å². The van der Waals surface area contributed by atoms with Gasteiger partial charge in [0.1, 0.15) is 11.5 Å². The van der Waals surface area contributed by atoms with Crippen molar-refractivity contribution in [2.45, 2.75) is 32.4 Å². The first-order valence-corrected chi connectivity index (χ1v) is 12.7. The molecular formula is C26H30F3N5O2. The van der Waals surface area contributed by atoms with Crippen LogP contribution in [0.4, 0.5) is 19.0 Å². The van der Waals surface area contributed by atoms with Crippen molar-refractivity contribution in [2.75, 3.05) is 44.3 Å². The van der Waals surface area contributed by atoms with Crippen molar-refractivity contribution in [1.29, 1.82) is 0 Å². The van der Waals surface area contributed by atoms with Crippen molar-refractivity contribution < 1.29 is 22.7 Å². The first kappa shape index (κ1) is 23.5. The standard InChI is InChI=1S/C26H30F3N5O2/c1-25(7-3-2-4-21(25)26(27,28)29)19-12-17-14-33(15-18(17)13-19)24(35)20-16-34-22(30-20)5-6-23(31-34)32-8-10-36-11-9-32/h2-6,16-19H,7-15H2,1H3/t17-,18+,19?,25?. The molecule has 2 aliphatic carbocycles. The number of hydrogen-bond acceptors (Lipinski definition) is 5. The number of rotatable bonds is 3. The topological polar surface area (TPSA) is 63.0 Å². The van der Waals surface area contributed by atoms with E-state index in [4.69, 9.17) is 4.74 Å². The molecule has 2 unspecified atom stereocenters. The molecule has 4 aliphatic rings. The maximum absolute atomic E-state index is 13.8. The zero-order chi connectivity index (χ0) is 25.1. The van der Waals surface area contributed by atoms with E-state index in [0.29, 0.717) is 56.9 Å². The fraction of sp³-hybridized carbons (Fsp3) is 0.577. The fourth-order valence-electron chi connectivity index (χ4n) is 6.67. The number of carbonyl (C=O) groups excluding carboxylic acids is 1. The molecule has 3 fully saturated rings. The van der Waals surface area contributed by atoms with E-state index >= 15 is 0 Å². The van der Waals surface area contributed by atoms with Crippen LogP contribution in [0.25, 0.3) is 5.65 Å². The second-order valence-electron chi connectivity index (χ2n) is 10.7. The van der Waals surface area contributed by atoms with Crippen molar-refractivity contribution in [1.82, 2.24) is 19.5 Å². The number of aromatic nitrogens is 3. The molecule has 0 radical (unpaired) electrons. The highest BCUT2D eigenvalue weighted by Gasteiger charge is 2.54. The molecule has 2 aromatic heterocycles. The lowest BCUT2D eigenvalue weighted by molar-refractivity contribution is -0.111. The summed E-state index contributed by atoms with van der Waals surface area (Å²) in [6.45, 7) is 5.76. The summed E-state index contributed by atoms with van der Waals surface area (Å²) in [4.78, 5) is 21.8. The number of halogens is 3. The Hall–Kier alpha value is -2.88. The number of hydrogen-bond donors (Lipinski definition) is 0. The lowest BCUT2D eigenvalue weighted by Gasteiger charge is -2.40. The van der Waals surface area contributed by atoms with Gasteiger partial charge in [0.25, 0.3) is 5.91 Å². The Balaban J connectivity index is 1.14. The summed E-state index contributed by atoms with van der Waals surface area (Å²) in [6.07, 6.45) is 3.80. The molecule has 6 rings (SSSR count). The van der Waals surface area contributed by atoms with Crippen LogP contribution in [0.5, 0.6) is 0 Å². The summed E-state index contributed by atoms with van der Waals surface area (Å²) in [5, 5.41) is 4.63. The lowest BCUT2D eigenvalue weighted by Crippen LogP contribution is -2.37. The number of morpholine rings is 1. The number of alkyl halides is 3. The molecule has 1 saturated carbocycles. The number of likely N-dealkylation sites (tertiary alicyclic amines) is 1. The van der Waals surface area contributed by atoms with Crippen LogP contribution in [0, 0.1) is 23.2 Å². The lowest BCUT2D eigenvalue weighted by atomic mass is 9.66. The predicted molar refractivity (Wildman–Crippen MR) is 128 cm³/mol. The summed E-state index contributed by atoms with van der Waals surface area (Å²) < 4.78 is 48.4. The highest BCUT2D eigenvalue weighted by Crippen LogP contribution is 2.56. The Labute approximate surface area is 207 Å². The van der Waals surface area contributed by atoms with E-state index in [9.17, 15) is 18.0 Å². The maximum atomic E-state index is 13.8.